The molecule has 1 N–H and O–H groups in total. The molecule has 1 aliphatic rings. The standard InChI is InChI=1S/C27H26N4O/c1-17(2)19-11-13-21(14-12-19)24-16-29-31-18(3)23(15-28-26(24)31)27(32)30-25-10-6-8-20-7-4-5-9-22(20)25/h5,9,11-17,25H,6,8,10H2,1-3H3,(H,30,32). The Hall–Kier alpha value is -3.65. The van der Waals surface area contributed by atoms with E-state index in [2.05, 4.69) is 65.6 Å². The number of benzene rings is 1. The number of fused-ring (bicyclic) bond motifs is 2. The molecule has 5 nitrogen and oxygen atoms in total. The van der Waals surface area contributed by atoms with Crippen molar-refractivity contribution in [1.82, 2.24) is 19.9 Å². The number of nitrogens with one attached hydrogen (secondary N) is 1. The SMILES string of the molecule is Cc1c(C(=O)NC2CCCc3c#cccc32)cnc2c(-c3ccc(C(C)C)cc3)cnn12. The smallest absolute Gasteiger partial charge is 0.255 e. The number of hydrogen-bond donors (Lipinski definition) is 1. The molecule has 0 saturated carbocycles. The lowest BCUT2D eigenvalue weighted by molar-refractivity contribution is 0.0931. The Bertz CT molecular complexity index is 1290. The van der Waals surface area contributed by atoms with Gasteiger partial charge in [0.25, 0.3) is 5.91 Å². The lowest BCUT2D eigenvalue weighted by Crippen LogP contribution is -2.31. The van der Waals surface area contributed by atoms with Gasteiger partial charge >= 0.3 is 0 Å². The molecule has 160 valence electrons. The Balaban J connectivity index is 1.44. The van der Waals surface area contributed by atoms with Crippen molar-refractivity contribution in [3.05, 3.63) is 88.9 Å². The van der Waals surface area contributed by atoms with Gasteiger partial charge in [-0.2, -0.15) is 5.10 Å². The summed E-state index contributed by atoms with van der Waals surface area (Å²) in [7, 11) is 0. The maximum atomic E-state index is 13.2. The second-order valence-corrected chi connectivity index (χ2v) is 8.78. The summed E-state index contributed by atoms with van der Waals surface area (Å²) in [5.41, 5.74) is 7.69. The van der Waals surface area contributed by atoms with Crippen LogP contribution in [0.25, 0.3) is 16.8 Å². The number of carbonyl (C=O) groups is 1. The van der Waals surface area contributed by atoms with E-state index >= 15 is 0 Å². The van der Waals surface area contributed by atoms with Crippen LogP contribution in [0.4, 0.5) is 0 Å². The monoisotopic (exact) mass is 422 g/mol. The Morgan fingerprint density at radius 2 is 2.00 bits per heavy atom. The van der Waals surface area contributed by atoms with Crippen molar-refractivity contribution in [2.75, 3.05) is 0 Å². The van der Waals surface area contributed by atoms with Crippen LogP contribution >= 0.6 is 0 Å². The van der Waals surface area contributed by atoms with Crippen LogP contribution in [0.1, 0.15) is 71.4 Å². The molecule has 1 unspecified atom stereocenters. The lowest BCUT2D eigenvalue weighted by atomic mass is 9.88. The molecule has 5 rings (SSSR count). The van der Waals surface area contributed by atoms with E-state index in [0.29, 0.717) is 11.5 Å². The second-order valence-electron chi connectivity index (χ2n) is 8.78. The molecular weight excluding hydrogens is 396 g/mol. The normalized spacial score (nSPS) is 15.4. The maximum absolute atomic E-state index is 13.2. The van der Waals surface area contributed by atoms with E-state index in [1.54, 1.807) is 10.7 Å². The Labute approximate surface area is 188 Å². The Morgan fingerprint density at radius 3 is 2.78 bits per heavy atom. The first-order valence-corrected chi connectivity index (χ1v) is 11.2. The fourth-order valence-corrected chi connectivity index (χ4v) is 4.51. The zero-order chi connectivity index (χ0) is 22.2. The largest absolute Gasteiger partial charge is 0.345 e. The summed E-state index contributed by atoms with van der Waals surface area (Å²) in [5.74, 6) is 0.363. The van der Waals surface area contributed by atoms with Crippen LogP contribution in [0.2, 0.25) is 0 Å². The van der Waals surface area contributed by atoms with E-state index in [1.807, 2.05) is 25.3 Å². The third-order valence-electron chi connectivity index (χ3n) is 6.42. The first kappa shape index (κ1) is 20.3. The van der Waals surface area contributed by atoms with Gasteiger partial charge in [0.2, 0.25) is 0 Å². The topological polar surface area (TPSA) is 59.3 Å². The van der Waals surface area contributed by atoms with Crippen molar-refractivity contribution >= 4 is 11.6 Å². The molecule has 0 saturated heterocycles. The summed E-state index contributed by atoms with van der Waals surface area (Å²) in [5, 5.41) is 7.74. The van der Waals surface area contributed by atoms with E-state index in [1.165, 1.54) is 5.56 Å². The Morgan fingerprint density at radius 1 is 1.19 bits per heavy atom. The highest BCUT2D eigenvalue weighted by Crippen LogP contribution is 2.29. The minimum Gasteiger partial charge on any atom is -0.345 e. The van der Waals surface area contributed by atoms with Crippen molar-refractivity contribution in [2.24, 2.45) is 0 Å². The zero-order valence-corrected chi connectivity index (χ0v) is 18.6. The molecule has 4 aromatic rings. The molecule has 1 aliphatic carbocycles. The average molecular weight is 423 g/mol. The second kappa shape index (κ2) is 8.12. The Kier molecular flexibility index (Phi) is 5.14. The van der Waals surface area contributed by atoms with Gasteiger partial charge in [-0.15, -0.1) is 0 Å². The maximum Gasteiger partial charge on any atom is 0.255 e. The summed E-state index contributed by atoms with van der Waals surface area (Å²) in [6.07, 6.45) is 6.43. The molecule has 0 aliphatic heterocycles. The third kappa shape index (κ3) is 3.52. The molecule has 2 aromatic heterocycles. The molecule has 1 atom stereocenters. The van der Waals surface area contributed by atoms with Gasteiger partial charge in [-0.1, -0.05) is 50.2 Å². The zero-order valence-electron chi connectivity index (χ0n) is 18.6. The summed E-state index contributed by atoms with van der Waals surface area (Å²) >= 11 is 0. The molecule has 0 spiro atoms. The summed E-state index contributed by atoms with van der Waals surface area (Å²) in [6, 6.07) is 18.6. The third-order valence-corrected chi connectivity index (χ3v) is 6.42. The number of hydrogen-bond acceptors (Lipinski definition) is 3. The first-order chi connectivity index (χ1) is 15.5. The van der Waals surface area contributed by atoms with Crippen molar-refractivity contribution in [3.8, 4) is 11.1 Å². The summed E-state index contributed by atoms with van der Waals surface area (Å²) < 4.78 is 1.76. The van der Waals surface area contributed by atoms with Crippen LogP contribution < -0.4 is 5.32 Å². The van der Waals surface area contributed by atoms with E-state index in [-0.39, 0.29) is 11.9 Å². The van der Waals surface area contributed by atoms with Gasteiger partial charge in [0.05, 0.1) is 23.5 Å². The molecule has 2 heterocycles. The predicted octanol–water partition coefficient (Wildman–Crippen LogP) is 5.24. The van der Waals surface area contributed by atoms with Gasteiger partial charge < -0.3 is 5.32 Å². The van der Waals surface area contributed by atoms with E-state index < -0.39 is 0 Å². The minimum absolute atomic E-state index is 0.0140. The average Bonchev–Trinajstić information content (AvgIpc) is 3.24. The van der Waals surface area contributed by atoms with Gasteiger partial charge in [0, 0.05) is 17.3 Å². The highest BCUT2D eigenvalue weighted by Gasteiger charge is 2.24. The molecule has 0 radical (unpaired) electrons. The highest BCUT2D eigenvalue weighted by atomic mass is 16.1. The molecule has 5 heteroatoms. The fraction of sp³-hybridized carbons (Fsp3) is 0.296. The minimum atomic E-state index is -0.124. The number of nitrogens with zero attached hydrogens (tertiary/aromatic N) is 3. The molecule has 1 amide bonds. The van der Waals surface area contributed by atoms with Crippen LogP contribution in [-0.2, 0) is 6.42 Å². The van der Waals surface area contributed by atoms with Crippen molar-refractivity contribution < 1.29 is 4.79 Å². The van der Waals surface area contributed by atoms with Gasteiger partial charge in [-0.25, -0.2) is 9.50 Å². The van der Waals surface area contributed by atoms with Gasteiger partial charge in [0.1, 0.15) is 0 Å². The number of rotatable bonds is 4. The molecule has 2 aromatic carbocycles. The van der Waals surface area contributed by atoms with Crippen LogP contribution in [0.5, 0.6) is 0 Å². The van der Waals surface area contributed by atoms with Crippen molar-refractivity contribution in [1.29, 1.82) is 0 Å². The van der Waals surface area contributed by atoms with Crippen molar-refractivity contribution in [2.45, 2.75) is 52.0 Å². The molecule has 0 bridgehead atoms. The van der Waals surface area contributed by atoms with Crippen LogP contribution in [0, 0.1) is 19.1 Å². The van der Waals surface area contributed by atoms with E-state index in [9.17, 15) is 4.79 Å². The van der Waals surface area contributed by atoms with Crippen LogP contribution in [0.3, 0.4) is 0 Å². The van der Waals surface area contributed by atoms with Gasteiger partial charge in [-0.3, -0.25) is 4.79 Å². The summed E-state index contributed by atoms with van der Waals surface area (Å²) in [4.78, 5) is 17.8. The number of aromatic nitrogens is 3. The van der Waals surface area contributed by atoms with E-state index in [0.717, 1.165) is 52.9 Å². The van der Waals surface area contributed by atoms with E-state index in [4.69, 9.17) is 0 Å². The van der Waals surface area contributed by atoms with Crippen LogP contribution in [0.15, 0.2) is 48.8 Å². The molecule has 32 heavy (non-hydrogen) atoms. The highest BCUT2D eigenvalue weighted by molar-refractivity contribution is 5.95. The first-order valence-electron chi connectivity index (χ1n) is 11.2. The molecular formula is C27H26N4O. The molecule has 0 fully saturated rings. The summed E-state index contributed by atoms with van der Waals surface area (Å²) in [6.45, 7) is 6.29. The number of aryl methyl sites for hydroxylation is 1. The van der Waals surface area contributed by atoms with Crippen LogP contribution in [-0.4, -0.2) is 20.5 Å². The fourth-order valence-electron chi connectivity index (χ4n) is 4.51. The van der Waals surface area contributed by atoms with Gasteiger partial charge in [-0.05, 0) is 60.9 Å². The van der Waals surface area contributed by atoms with Crippen molar-refractivity contribution in [3.63, 3.8) is 0 Å². The predicted molar refractivity (Wildman–Crippen MR) is 125 cm³/mol. The lowest BCUT2D eigenvalue weighted by Gasteiger charge is -2.25. The number of amides is 1. The number of carbonyl (C=O) groups excluding carboxylic acids is 1. The van der Waals surface area contributed by atoms with Gasteiger partial charge in [0.15, 0.2) is 5.65 Å². The quantitative estimate of drug-likeness (QED) is 0.490.